The van der Waals surface area contributed by atoms with Crippen LogP contribution in [0.2, 0.25) is 0 Å². The minimum absolute atomic E-state index is 0.128. The predicted octanol–water partition coefficient (Wildman–Crippen LogP) is 0.858. The van der Waals surface area contributed by atoms with E-state index in [9.17, 15) is 14.0 Å². The van der Waals surface area contributed by atoms with Crippen LogP contribution in [0.15, 0.2) is 36.4 Å². The summed E-state index contributed by atoms with van der Waals surface area (Å²) in [6, 6.07) is 7.10. The number of ether oxygens (including phenoxy) is 1. The Labute approximate surface area is 218 Å². The largest absolute Gasteiger partial charge is 0.464 e. The zero-order chi connectivity index (χ0) is 26.0. The first kappa shape index (κ1) is 29.0. The van der Waals surface area contributed by atoms with Gasteiger partial charge in [0.05, 0.1) is 12.6 Å². The highest BCUT2D eigenvalue weighted by Crippen LogP contribution is 2.12. The number of nitrogens with two attached hydrogens (primary N) is 1. The summed E-state index contributed by atoms with van der Waals surface area (Å²) in [7, 11) is 12.5. The maximum Gasteiger partial charge on any atom is 0.328 e. The van der Waals surface area contributed by atoms with Crippen LogP contribution < -0.4 is 26.9 Å². The fourth-order valence-electron chi connectivity index (χ4n) is 3.68. The van der Waals surface area contributed by atoms with Gasteiger partial charge in [0.2, 0.25) is 5.91 Å². The summed E-state index contributed by atoms with van der Waals surface area (Å²) in [5.41, 5.74) is 8.93. The standard InChI is InChI=1S/C24H28B2Cl2FN3O3/c1-2-35-24(34)21(14-15-3-5-17(29)6-4-15)31-23(33)20(30)13-16-11-18(25)22(19(26)12-16)32(9-7-27)10-8-28/h3-6,11-12,20-21H,2,7-10,13-14,30H2,1H3,(H,31,33). The SMILES string of the molecule is [B]c1cc(CC(N)C(=O)NC(Cc2ccc(F)cc2)C(=O)OCC)cc([B])c1N(CCCl)CCCl. The lowest BCUT2D eigenvalue weighted by molar-refractivity contribution is -0.147. The zero-order valence-corrected chi connectivity index (χ0v) is 21.1. The molecule has 2 aromatic carbocycles. The normalized spacial score (nSPS) is 12.6. The Morgan fingerprint density at radius 3 is 2.14 bits per heavy atom. The molecule has 11 heteroatoms. The minimum atomic E-state index is -0.980. The third-order valence-electron chi connectivity index (χ3n) is 5.29. The summed E-state index contributed by atoms with van der Waals surface area (Å²) < 4.78 is 18.3. The highest BCUT2D eigenvalue weighted by atomic mass is 35.5. The minimum Gasteiger partial charge on any atom is -0.464 e. The summed E-state index contributed by atoms with van der Waals surface area (Å²) in [6.07, 6.45) is 0.265. The van der Waals surface area contributed by atoms with Crippen molar-refractivity contribution in [1.29, 1.82) is 0 Å². The number of halogens is 3. The molecule has 0 spiro atoms. The molecule has 0 aromatic heterocycles. The van der Waals surface area contributed by atoms with Gasteiger partial charge in [-0.15, -0.1) is 23.2 Å². The molecule has 3 N–H and O–H groups in total. The van der Waals surface area contributed by atoms with Crippen LogP contribution >= 0.6 is 23.2 Å². The molecule has 184 valence electrons. The lowest BCUT2D eigenvalue weighted by Gasteiger charge is -2.28. The Kier molecular flexibility index (Phi) is 11.9. The number of nitrogens with zero attached hydrogens (tertiary/aromatic N) is 1. The number of rotatable bonds is 13. The van der Waals surface area contributed by atoms with Crippen molar-refractivity contribution in [2.24, 2.45) is 5.73 Å². The number of carbonyl (C=O) groups is 2. The van der Waals surface area contributed by atoms with Gasteiger partial charge in [0, 0.05) is 37.0 Å². The summed E-state index contributed by atoms with van der Waals surface area (Å²) in [5, 5.41) is 2.64. The van der Waals surface area contributed by atoms with Crippen LogP contribution in [0.4, 0.5) is 10.1 Å². The first-order valence-corrected chi connectivity index (χ1v) is 12.3. The van der Waals surface area contributed by atoms with E-state index < -0.39 is 29.8 Å². The second-order valence-electron chi connectivity index (χ2n) is 7.94. The Balaban J connectivity index is 2.13. The van der Waals surface area contributed by atoms with Crippen LogP contribution in [0.1, 0.15) is 18.1 Å². The topological polar surface area (TPSA) is 84.7 Å². The molecule has 2 rings (SSSR count). The van der Waals surface area contributed by atoms with Crippen molar-refractivity contribution in [2.75, 3.05) is 36.4 Å². The van der Waals surface area contributed by atoms with Crippen molar-refractivity contribution in [3.8, 4) is 0 Å². The number of alkyl halides is 2. The lowest BCUT2D eigenvalue weighted by Crippen LogP contribution is -2.50. The lowest BCUT2D eigenvalue weighted by atomic mass is 9.81. The second-order valence-corrected chi connectivity index (χ2v) is 8.70. The molecule has 0 saturated heterocycles. The Hall–Kier alpha value is -2.22. The average Bonchev–Trinajstić information content (AvgIpc) is 2.80. The van der Waals surface area contributed by atoms with E-state index >= 15 is 0 Å². The fraction of sp³-hybridized carbons (Fsp3) is 0.417. The third kappa shape index (κ3) is 8.74. The van der Waals surface area contributed by atoms with Crippen LogP contribution in [0.3, 0.4) is 0 Å². The van der Waals surface area contributed by atoms with Gasteiger partial charge in [0.25, 0.3) is 0 Å². The molecule has 2 atom stereocenters. The van der Waals surface area contributed by atoms with E-state index in [1.54, 1.807) is 31.2 Å². The maximum atomic E-state index is 13.2. The smallest absolute Gasteiger partial charge is 0.328 e. The van der Waals surface area contributed by atoms with Gasteiger partial charge >= 0.3 is 5.97 Å². The van der Waals surface area contributed by atoms with Gasteiger partial charge in [-0.05, 0) is 36.6 Å². The summed E-state index contributed by atoms with van der Waals surface area (Å²) in [6.45, 7) is 2.86. The number of benzene rings is 2. The number of anilines is 1. The van der Waals surface area contributed by atoms with Crippen LogP contribution in [-0.2, 0) is 27.2 Å². The molecule has 2 unspecified atom stereocenters. The number of carbonyl (C=O) groups excluding carboxylic acids is 2. The highest BCUT2D eigenvalue weighted by molar-refractivity contribution is 6.44. The van der Waals surface area contributed by atoms with Crippen molar-refractivity contribution in [3.05, 3.63) is 53.3 Å². The van der Waals surface area contributed by atoms with E-state index in [4.69, 9.17) is 49.4 Å². The molecule has 4 radical (unpaired) electrons. The molecule has 6 nitrogen and oxygen atoms in total. The molecular weight excluding hydrogens is 490 g/mol. The van der Waals surface area contributed by atoms with E-state index in [0.717, 1.165) is 0 Å². The van der Waals surface area contributed by atoms with Crippen molar-refractivity contribution in [1.82, 2.24) is 5.32 Å². The monoisotopic (exact) mass is 517 g/mol. The van der Waals surface area contributed by atoms with Crippen LogP contribution in [0, 0.1) is 5.82 Å². The van der Waals surface area contributed by atoms with Crippen molar-refractivity contribution >= 4 is 67.4 Å². The third-order valence-corrected chi connectivity index (χ3v) is 5.62. The first-order valence-electron chi connectivity index (χ1n) is 11.2. The Morgan fingerprint density at radius 1 is 1.06 bits per heavy atom. The summed E-state index contributed by atoms with van der Waals surface area (Å²) in [5.74, 6) is -0.791. The molecule has 0 aliphatic rings. The molecule has 0 aliphatic carbocycles. The molecule has 2 aromatic rings. The van der Waals surface area contributed by atoms with Gasteiger partial charge in [-0.1, -0.05) is 35.2 Å². The molecular formula is C24H28B2Cl2FN3O3. The zero-order valence-electron chi connectivity index (χ0n) is 19.6. The van der Waals surface area contributed by atoms with Gasteiger partial charge in [-0.25, -0.2) is 9.18 Å². The van der Waals surface area contributed by atoms with Crippen LogP contribution in [0.25, 0.3) is 0 Å². The van der Waals surface area contributed by atoms with E-state index in [1.165, 1.54) is 12.1 Å². The number of nitrogens with one attached hydrogen (secondary N) is 1. The summed E-state index contributed by atoms with van der Waals surface area (Å²) >= 11 is 11.8. The molecule has 35 heavy (non-hydrogen) atoms. The van der Waals surface area contributed by atoms with Crippen LogP contribution in [0.5, 0.6) is 0 Å². The van der Waals surface area contributed by atoms with Crippen molar-refractivity contribution in [2.45, 2.75) is 31.8 Å². The molecule has 0 fully saturated rings. The highest BCUT2D eigenvalue weighted by Gasteiger charge is 2.25. The van der Waals surface area contributed by atoms with Crippen LogP contribution in [-0.4, -0.2) is 71.1 Å². The van der Waals surface area contributed by atoms with E-state index in [1.807, 2.05) is 4.90 Å². The van der Waals surface area contributed by atoms with Crippen molar-refractivity contribution < 1.29 is 18.7 Å². The van der Waals surface area contributed by atoms with Gasteiger partial charge in [-0.3, -0.25) is 4.79 Å². The van der Waals surface area contributed by atoms with E-state index in [2.05, 4.69) is 5.32 Å². The van der Waals surface area contributed by atoms with Gasteiger partial charge in [-0.2, -0.15) is 0 Å². The fourth-order valence-corrected chi connectivity index (χ4v) is 4.09. The quantitative estimate of drug-likeness (QED) is 0.234. The molecule has 0 heterocycles. The average molecular weight is 518 g/mol. The Morgan fingerprint density at radius 2 is 1.63 bits per heavy atom. The molecule has 0 bridgehead atoms. The number of esters is 1. The number of amides is 1. The molecule has 0 aliphatic heterocycles. The molecule has 0 saturated carbocycles. The first-order chi connectivity index (χ1) is 16.7. The summed E-state index contributed by atoms with van der Waals surface area (Å²) in [4.78, 5) is 27.1. The van der Waals surface area contributed by atoms with Gasteiger partial charge in [0.1, 0.15) is 27.6 Å². The Bertz CT molecular complexity index is 969. The second kappa shape index (κ2) is 14.4. The van der Waals surface area contributed by atoms with Gasteiger partial charge < -0.3 is 20.7 Å². The number of hydrogen-bond donors (Lipinski definition) is 2. The number of hydrogen-bond acceptors (Lipinski definition) is 5. The maximum absolute atomic E-state index is 13.2. The van der Waals surface area contributed by atoms with E-state index in [0.29, 0.717) is 52.6 Å². The molecule has 1 amide bonds. The van der Waals surface area contributed by atoms with Crippen molar-refractivity contribution in [3.63, 3.8) is 0 Å². The van der Waals surface area contributed by atoms with E-state index in [-0.39, 0.29) is 19.4 Å². The van der Waals surface area contributed by atoms with Gasteiger partial charge in [0.15, 0.2) is 0 Å². The predicted molar refractivity (Wildman–Crippen MR) is 141 cm³/mol.